The van der Waals surface area contributed by atoms with Gasteiger partial charge in [-0.05, 0) is 61.7 Å². The number of hydrogen-bond acceptors (Lipinski definition) is 2. The molecule has 0 saturated heterocycles. The summed E-state index contributed by atoms with van der Waals surface area (Å²) in [5.41, 5.74) is 5.91. The summed E-state index contributed by atoms with van der Waals surface area (Å²) >= 11 is 9.96. The average Bonchev–Trinajstić information content (AvgIpc) is 2.95. The number of benzene rings is 2. The first kappa shape index (κ1) is 17.0. The molecule has 4 rings (SSSR count). The summed E-state index contributed by atoms with van der Waals surface area (Å²) in [6, 6.07) is 10.4. The third kappa shape index (κ3) is 2.97. The molecule has 1 aliphatic rings. The molecule has 0 saturated carbocycles. The Morgan fingerprint density at radius 2 is 2.12 bits per heavy atom. The molecule has 3 aromatic rings. The third-order valence-electron chi connectivity index (χ3n) is 4.78. The predicted octanol–water partition coefficient (Wildman–Crippen LogP) is 5.53. The fourth-order valence-corrected chi connectivity index (χ4v) is 4.42. The van der Waals surface area contributed by atoms with E-state index in [0.29, 0.717) is 6.61 Å². The van der Waals surface area contributed by atoms with E-state index in [1.807, 2.05) is 26.0 Å². The highest BCUT2D eigenvalue weighted by Gasteiger charge is 2.28. The normalized spacial score (nSPS) is 16.9. The van der Waals surface area contributed by atoms with Crippen molar-refractivity contribution >= 4 is 38.4 Å². The highest BCUT2D eigenvalue weighted by Crippen LogP contribution is 2.40. The average molecular weight is 420 g/mol. The van der Waals surface area contributed by atoms with E-state index < -0.39 is 0 Å². The summed E-state index contributed by atoms with van der Waals surface area (Å²) in [6.07, 6.45) is 1.01. The van der Waals surface area contributed by atoms with Crippen LogP contribution in [-0.2, 0) is 6.42 Å². The van der Waals surface area contributed by atoms with E-state index in [1.54, 1.807) is 0 Å². The second-order valence-electron chi connectivity index (χ2n) is 6.42. The van der Waals surface area contributed by atoms with Crippen LogP contribution in [0.3, 0.4) is 0 Å². The Balaban J connectivity index is 1.91. The maximum absolute atomic E-state index is 6.37. The van der Waals surface area contributed by atoms with E-state index in [9.17, 15) is 0 Å². The molecular formula is C20H20BrClN2O. The molecule has 1 atom stereocenters. The summed E-state index contributed by atoms with van der Waals surface area (Å²) in [5.74, 6) is 0.928. The van der Waals surface area contributed by atoms with Crippen LogP contribution >= 0.6 is 27.5 Å². The van der Waals surface area contributed by atoms with Gasteiger partial charge in [-0.2, -0.15) is 0 Å². The van der Waals surface area contributed by atoms with Gasteiger partial charge in [-0.3, -0.25) is 0 Å². The molecule has 0 aliphatic carbocycles. The number of aromatic nitrogens is 1. The summed E-state index contributed by atoms with van der Waals surface area (Å²) in [5, 5.41) is 5.66. The van der Waals surface area contributed by atoms with Crippen LogP contribution < -0.4 is 10.1 Å². The van der Waals surface area contributed by atoms with Gasteiger partial charge in [0.2, 0.25) is 0 Å². The van der Waals surface area contributed by atoms with E-state index in [-0.39, 0.29) is 6.04 Å². The van der Waals surface area contributed by atoms with E-state index in [4.69, 9.17) is 16.3 Å². The smallest absolute Gasteiger partial charge is 0.127 e. The van der Waals surface area contributed by atoms with E-state index in [1.165, 1.54) is 22.2 Å². The van der Waals surface area contributed by atoms with Crippen molar-refractivity contribution in [2.75, 3.05) is 13.2 Å². The minimum absolute atomic E-state index is 0.0499. The van der Waals surface area contributed by atoms with Crippen LogP contribution in [0.4, 0.5) is 0 Å². The second-order valence-corrected chi connectivity index (χ2v) is 7.77. The molecule has 1 aliphatic heterocycles. The number of hydrogen-bond donors (Lipinski definition) is 2. The Bertz CT molecular complexity index is 951. The zero-order valence-electron chi connectivity index (χ0n) is 14.2. The van der Waals surface area contributed by atoms with Crippen molar-refractivity contribution in [2.45, 2.75) is 26.3 Å². The number of ether oxygens (including phenoxy) is 1. The minimum Gasteiger partial charge on any atom is -0.493 e. The van der Waals surface area contributed by atoms with Gasteiger partial charge in [0.05, 0.1) is 12.6 Å². The summed E-state index contributed by atoms with van der Waals surface area (Å²) < 4.78 is 7.07. The fraction of sp³-hybridized carbons (Fsp3) is 0.300. The Kier molecular flexibility index (Phi) is 4.52. The fourth-order valence-electron chi connectivity index (χ4n) is 3.78. The monoisotopic (exact) mass is 418 g/mol. The molecule has 2 heterocycles. The Morgan fingerprint density at radius 1 is 1.28 bits per heavy atom. The quantitative estimate of drug-likeness (QED) is 0.586. The summed E-state index contributed by atoms with van der Waals surface area (Å²) in [6.45, 7) is 5.62. The molecule has 0 amide bonds. The SMILES string of the molecule is CCOc1c(C)cc(Cl)cc1C1NCCc2c1[nH]c1ccc(Br)cc21. The van der Waals surface area contributed by atoms with Gasteiger partial charge in [0, 0.05) is 38.2 Å². The van der Waals surface area contributed by atoms with Gasteiger partial charge in [0.15, 0.2) is 0 Å². The van der Waals surface area contributed by atoms with Gasteiger partial charge in [0.1, 0.15) is 5.75 Å². The molecular weight excluding hydrogens is 400 g/mol. The van der Waals surface area contributed by atoms with Crippen molar-refractivity contribution in [3.63, 3.8) is 0 Å². The maximum Gasteiger partial charge on any atom is 0.127 e. The predicted molar refractivity (Wildman–Crippen MR) is 107 cm³/mol. The first-order valence-corrected chi connectivity index (χ1v) is 9.71. The number of aryl methyl sites for hydroxylation is 1. The Morgan fingerprint density at radius 3 is 2.92 bits per heavy atom. The van der Waals surface area contributed by atoms with Crippen LogP contribution in [0.5, 0.6) is 5.75 Å². The number of halogens is 2. The third-order valence-corrected chi connectivity index (χ3v) is 5.49. The standard InChI is InChI=1S/C20H20BrClN2O/c1-3-25-20-11(2)8-13(22)10-16(20)18-19-14(6-7-23-18)15-9-12(21)4-5-17(15)24-19/h4-5,8-10,18,23-24H,3,6-7H2,1-2H3. The maximum atomic E-state index is 6.37. The van der Waals surface area contributed by atoms with E-state index in [2.05, 4.69) is 44.4 Å². The number of fused-ring (bicyclic) bond motifs is 3. The lowest BCUT2D eigenvalue weighted by Gasteiger charge is -2.27. The molecule has 1 aromatic heterocycles. The van der Waals surface area contributed by atoms with Gasteiger partial charge in [-0.1, -0.05) is 27.5 Å². The van der Waals surface area contributed by atoms with Gasteiger partial charge < -0.3 is 15.0 Å². The Hall–Kier alpha value is -1.49. The molecule has 25 heavy (non-hydrogen) atoms. The molecule has 2 N–H and O–H groups in total. The van der Waals surface area contributed by atoms with Crippen molar-refractivity contribution in [3.8, 4) is 5.75 Å². The van der Waals surface area contributed by atoms with Crippen molar-refractivity contribution in [3.05, 3.63) is 62.2 Å². The summed E-state index contributed by atoms with van der Waals surface area (Å²) in [7, 11) is 0. The highest BCUT2D eigenvalue weighted by atomic mass is 79.9. The molecule has 0 spiro atoms. The topological polar surface area (TPSA) is 37.0 Å². The summed E-state index contributed by atoms with van der Waals surface area (Å²) in [4.78, 5) is 3.62. The van der Waals surface area contributed by atoms with Crippen LogP contribution in [-0.4, -0.2) is 18.1 Å². The van der Waals surface area contributed by atoms with Gasteiger partial charge >= 0.3 is 0 Å². The molecule has 0 bridgehead atoms. The van der Waals surface area contributed by atoms with Crippen LogP contribution in [0.2, 0.25) is 5.02 Å². The van der Waals surface area contributed by atoms with Gasteiger partial charge in [-0.25, -0.2) is 0 Å². The lowest BCUT2D eigenvalue weighted by atomic mass is 9.92. The first-order chi connectivity index (χ1) is 12.1. The number of H-pyrrole nitrogens is 1. The molecule has 130 valence electrons. The van der Waals surface area contributed by atoms with Gasteiger partial charge in [-0.15, -0.1) is 0 Å². The molecule has 0 radical (unpaired) electrons. The molecule has 2 aromatic carbocycles. The van der Waals surface area contributed by atoms with Crippen LogP contribution in [0.15, 0.2) is 34.8 Å². The van der Waals surface area contributed by atoms with Crippen molar-refractivity contribution in [2.24, 2.45) is 0 Å². The first-order valence-electron chi connectivity index (χ1n) is 8.54. The van der Waals surface area contributed by atoms with Crippen molar-refractivity contribution in [1.82, 2.24) is 10.3 Å². The lowest BCUT2D eigenvalue weighted by molar-refractivity contribution is 0.330. The number of rotatable bonds is 3. The highest BCUT2D eigenvalue weighted by molar-refractivity contribution is 9.10. The minimum atomic E-state index is 0.0499. The van der Waals surface area contributed by atoms with Crippen molar-refractivity contribution < 1.29 is 4.74 Å². The zero-order chi connectivity index (χ0) is 17.6. The number of nitrogens with one attached hydrogen (secondary N) is 2. The molecule has 3 nitrogen and oxygen atoms in total. The largest absolute Gasteiger partial charge is 0.493 e. The number of aromatic amines is 1. The van der Waals surface area contributed by atoms with Crippen LogP contribution in [0, 0.1) is 6.92 Å². The molecule has 0 fully saturated rings. The second kappa shape index (κ2) is 6.67. The lowest BCUT2D eigenvalue weighted by Crippen LogP contribution is -2.31. The molecule has 5 heteroatoms. The van der Waals surface area contributed by atoms with E-state index >= 15 is 0 Å². The van der Waals surface area contributed by atoms with E-state index in [0.717, 1.165) is 39.3 Å². The van der Waals surface area contributed by atoms with Crippen molar-refractivity contribution in [1.29, 1.82) is 0 Å². The van der Waals surface area contributed by atoms with Crippen LogP contribution in [0.1, 0.15) is 35.3 Å². The van der Waals surface area contributed by atoms with Gasteiger partial charge in [0.25, 0.3) is 0 Å². The van der Waals surface area contributed by atoms with Crippen LogP contribution in [0.25, 0.3) is 10.9 Å². The molecule has 1 unspecified atom stereocenters. The Labute approximate surface area is 160 Å². The zero-order valence-corrected chi connectivity index (χ0v) is 16.6.